The van der Waals surface area contributed by atoms with E-state index in [9.17, 15) is 9.59 Å². The number of hydrogen-bond donors (Lipinski definition) is 1. The summed E-state index contributed by atoms with van der Waals surface area (Å²) in [6.45, 7) is 0.171. The number of carbonyl (C=O) groups is 2. The molecule has 0 aliphatic carbocycles. The lowest BCUT2D eigenvalue weighted by atomic mass is 10.1. The standard InChI is InChI=1S/C17H13N3O4S/c21-14-8-11(17(22)23)9-20(14)12-4-1-3-10(7-12)15-18-16(24-19-15)13-5-2-6-25-13/h1-7,11H,8-9H2,(H,22,23)/t11-/m0/s1. The Balaban J connectivity index is 1.62. The van der Waals surface area contributed by atoms with Crippen LogP contribution in [0.5, 0.6) is 0 Å². The lowest BCUT2D eigenvalue weighted by molar-refractivity contribution is -0.141. The number of hydrogen-bond acceptors (Lipinski definition) is 6. The van der Waals surface area contributed by atoms with Gasteiger partial charge in [0.05, 0.1) is 10.8 Å². The Morgan fingerprint density at radius 3 is 2.92 bits per heavy atom. The van der Waals surface area contributed by atoms with Crippen molar-refractivity contribution in [1.29, 1.82) is 0 Å². The number of aliphatic carboxylic acids is 1. The summed E-state index contributed by atoms with van der Waals surface area (Å²) in [6.07, 6.45) is 0.0182. The van der Waals surface area contributed by atoms with E-state index in [-0.39, 0.29) is 18.9 Å². The summed E-state index contributed by atoms with van der Waals surface area (Å²) in [5.74, 6) is -0.959. The molecular weight excluding hydrogens is 342 g/mol. The Labute approximate surface area is 146 Å². The van der Waals surface area contributed by atoms with Crippen molar-refractivity contribution in [3.8, 4) is 22.2 Å². The number of carboxylic acid groups (broad SMARTS) is 1. The molecule has 1 aliphatic heterocycles. The summed E-state index contributed by atoms with van der Waals surface area (Å²) >= 11 is 1.51. The number of carbonyl (C=O) groups excluding carboxylic acids is 1. The van der Waals surface area contributed by atoms with Crippen LogP contribution in [0.15, 0.2) is 46.3 Å². The zero-order valence-corrected chi connectivity index (χ0v) is 13.8. The molecule has 0 bridgehead atoms. The Morgan fingerprint density at radius 2 is 2.20 bits per heavy atom. The van der Waals surface area contributed by atoms with E-state index < -0.39 is 11.9 Å². The fraction of sp³-hybridized carbons (Fsp3) is 0.176. The molecule has 0 spiro atoms. The van der Waals surface area contributed by atoms with E-state index in [0.717, 1.165) is 4.88 Å². The van der Waals surface area contributed by atoms with Crippen molar-refractivity contribution in [3.63, 3.8) is 0 Å². The molecule has 8 heteroatoms. The van der Waals surface area contributed by atoms with E-state index >= 15 is 0 Å². The van der Waals surface area contributed by atoms with Crippen LogP contribution in [-0.2, 0) is 9.59 Å². The highest BCUT2D eigenvalue weighted by molar-refractivity contribution is 7.13. The zero-order chi connectivity index (χ0) is 17.4. The first-order valence-electron chi connectivity index (χ1n) is 7.63. The van der Waals surface area contributed by atoms with Crippen LogP contribution in [0, 0.1) is 5.92 Å². The Bertz CT molecular complexity index is 935. The first-order valence-corrected chi connectivity index (χ1v) is 8.51. The highest BCUT2D eigenvalue weighted by Gasteiger charge is 2.35. The van der Waals surface area contributed by atoms with Crippen molar-refractivity contribution in [2.24, 2.45) is 5.92 Å². The van der Waals surface area contributed by atoms with Crippen molar-refractivity contribution in [3.05, 3.63) is 41.8 Å². The van der Waals surface area contributed by atoms with Crippen LogP contribution in [0.4, 0.5) is 5.69 Å². The highest BCUT2D eigenvalue weighted by atomic mass is 32.1. The molecule has 4 rings (SSSR count). The normalized spacial score (nSPS) is 17.2. The number of rotatable bonds is 4. The van der Waals surface area contributed by atoms with Gasteiger partial charge in [0, 0.05) is 24.2 Å². The van der Waals surface area contributed by atoms with Gasteiger partial charge in [0.15, 0.2) is 0 Å². The Morgan fingerprint density at radius 1 is 1.32 bits per heavy atom. The number of anilines is 1. The van der Waals surface area contributed by atoms with E-state index in [1.807, 2.05) is 23.6 Å². The number of aromatic nitrogens is 2. The fourth-order valence-electron chi connectivity index (χ4n) is 2.78. The fourth-order valence-corrected chi connectivity index (χ4v) is 3.42. The van der Waals surface area contributed by atoms with Crippen molar-refractivity contribution in [2.45, 2.75) is 6.42 Å². The minimum Gasteiger partial charge on any atom is -0.481 e. The van der Waals surface area contributed by atoms with Crippen LogP contribution >= 0.6 is 11.3 Å². The van der Waals surface area contributed by atoms with Crippen LogP contribution in [0.2, 0.25) is 0 Å². The Hall–Kier alpha value is -3.00. The molecule has 1 amide bonds. The molecule has 0 unspecified atom stereocenters. The summed E-state index contributed by atoms with van der Waals surface area (Å²) in [5.41, 5.74) is 1.34. The number of nitrogens with zero attached hydrogens (tertiary/aromatic N) is 3. The van der Waals surface area contributed by atoms with E-state index in [2.05, 4.69) is 10.1 Å². The molecule has 2 aromatic heterocycles. The van der Waals surface area contributed by atoms with Crippen molar-refractivity contribution < 1.29 is 19.2 Å². The van der Waals surface area contributed by atoms with Gasteiger partial charge in [-0.05, 0) is 23.6 Å². The average Bonchev–Trinajstić information content (AvgIpc) is 3.35. The van der Waals surface area contributed by atoms with E-state index in [0.29, 0.717) is 23.0 Å². The van der Waals surface area contributed by atoms with E-state index in [4.69, 9.17) is 9.63 Å². The van der Waals surface area contributed by atoms with E-state index in [1.165, 1.54) is 16.2 Å². The molecule has 1 aromatic carbocycles. The summed E-state index contributed by atoms with van der Waals surface area (Å²) in [4.78, 5) is 30.0. The van der Waals surface area contributed by atoms with Crippen molar-refractivity contribution >= 4 is 28.9 Å². The third kappa shape index (κ3) is 2.91. The second kappa shape index (κ2) is 6.14. The topological polar surface area (TPSA) is 96.5 Å². The van der Waals surface area contributed by atoms with Crippen LogP contribution in [0.1, 0.15) is 6.42 Å². The summed E-state index contributed by atoms with van der Waals surface area (Å²) < 4.78 is 5.29. The minimum atomic E-state index is -0.953. The van der Waals surface area contributed by atoms with Gasteiger partial charge in [-0.15, -0.1) is 11.3 Å². The van der Waals surface area contributed by atoms with Gasteiger partial charge in [0.25, 0.3) is 5.89 Å². The van der Waals surface area contributed by atoms with Gasteiger partial charge >= 0.3 is 5.97 Å². The average molecular weight is 355 g/mol. The number of amides is 1. The molecule has 0 saturated carbocycles. The predicted molar refractivity (Wildman–Crippen MR) is 91.1 cm³/mol. The van der Waals surface area contributed by atoms with Crippen LogP contribution in [0.3, 0.4) is 0 Å². The first kappa shape index (κ1) is 15.5. The third-order valence-electron chi connectivity index (χ3n) is 4.05. The SMILES string of the molecule is O=C(O)[C@H]1CC(=O)N(c2cccc(-c3noc(-c4cccs4)n3)c2)C1. The van der Waals surface area contributed by atoms with Crippen molar-refractivity contribution in [1.82, 2.24) is 10.1 Å². The van der Waals surface area contributed by atoms with Gasteiger partial charge in [-0.1, -0.05) is 23.4 Å². The number of thiophene rings is 1. The first-order chi connectivity index (χ1) is 12.1. The molecule has 1 saturated heterocycles. The minimum absolute atomic E-state index is 0.0182. The van der Waals surface area contributed by atoms with Gasteiger partial charge in [0.1, 0.15) is 0 Å². The largest absolute Gasteiger partial charge is 0.481 e. The van der Waals surface area contributed by atoms with Gasteiger partial charge in [-0.3, -0.25) is 9.59 Å². The molecule has 3 aromatic rings. The second-order valence-corrected chi connectivity index (χ2v) is 6.64. The van der Waals surface area contributed by atoms with Crippen LogP contribution < -0.4 is 4.90 Å². The van der Waals surface area contributed by atoms with Crippen LogP contribution in [-0.4, -0.2) is 33.7 Å². The van der Waals surface area contributed by atoms with Gasteiger partial charge in [-0.2, -0.15) is 4.98 Å². The number of benzene rings is 1. The summed E-state index contributed by atoms with van der Waals surface area (Å²) in [5, 5.41) is 15.0. The quantitative estimate of drug-likeness (QED) is 0.773. The number of carboxylic acids is 1. The van der Waals surface area contributed by atoms with E-state index in [1.54, 1.807) is 18.2 Å². The molecule has 25 heavy (non-hydrogen) atoms. The molecule has 1 atom stereocenters. The van der Waals surface area contributed by atoms with Gasteiger partial charge in [0.2, 0.25) is 11.7 Å². The maximum atomic E-state index is 12.1. The molecular formula is C17H13N3O4S. The molecule has 7 nitrogen and oxygen atoms in total. The smallest absolute Gasteiger partial charge is 0.308 e. The predicted octanol–water partition coefficient (Wildman–Crippen LogP) is 2.90. The monoisotopic (exact) mass is 355 g/mol. The summed E-state index contributed by atoms with van der Waals surface area (Å²) in [6, 6.07) is 10.9. The highest BCUT2D eigenvalue weighted by Crippen LogP contribution is 2.30. The lowest BCUT2D eigenvalue weighted by Crippen LogP contribution is -2.25. The molecule has 1 aliphatic rings. The second-order valence-electron chi connectivity index (χ2n) is 5.69. The van der Waals surface area contributed by atoms with Crippen LogP contribution in [0.25, 0.3) is 22.2 Å². The maximum Gasteiger partial charge on any atom is 0.308 e. The molecule has 0 radical (unpaired) electrons. The molecule has 3 heterocycles. The maximum absolute atomic E-state index is 12.1. The molecule has 1 N–H and O–H groups in total. The molecule has 126 valence electrons. The third-order valence-corrected chi connectivity index (χ3v) is 4.91. The summed E-state index contributed by atoms with van der Waals surface area (Å²) in [7, 11) is 0. The van der Waals surface area contributed by atoms with Gasteiger partial charge < -0.3 is 14.5 Å². The Kier molecular flexibility index (Phi) is 3.81. The molecule has 1 fully saturated rings. The lowest BCUT2D eigenvalue weighted by Gasteiger charge is -2.16. The zero-order valence-electron chi connectivity index (χ0n) is 13.0. The van der Waals surface area contributed by atoms with Gasteiger partial charge in [-0.25, -0.2) is 0 Å². The van der Waals surface area contributed by atoms with Crippen molar-refractivity contribution in [2.75, 3.05) is 11.4 Å².